The van der Waals surface area contributed by atoms with Crippen LogP contribution in [0.3, 0.4) is 0 Å². The zero-order valence-corrected chi connectivity index (χ0v) is 10.9. The maximum absolute atomic E-state index is 11.3. The fraction of sp³-hybridized carbons (Fsp3) is 1.00. The molecule has 1 saturated heterocycles. The number of rotatable bonds is 3. The van der Waals surface area contributed by atoms with E-state index >= 15 is 0 Å². The van der Waals surface area contributed by atoms with E-state index in [-0.39, 0.29) is 0 Å². The summed E-state index contributed by atoms with van der Waals surface area (Å²) in [5.74, 6) is 1.66. The predicted molar refractivity (Wildman–Crippen MR) is 66.2 cm³/mol. The van der Waals surface area contributed by atoms with Crippen LogP contribution in [0, 0.1) is 5.92 Å². The van der Waals surface area contributed by atoms with Crippen molar-refractivity contribution in [2.45, 2.75) is 57.5 Å². The van der Waals surface area contributed by atoms with Gasteiger partial charge in [0, 0.05) is 12.1 Å². The summed E-state index contributed by atoms with van der Waals surface area (Å²) in [5.41, 5.74) is 0. The van der Waals surface area contributed by atoms with Crippen LogP contribution in [-0.2, 0) is 9.84 Å². The quantitative estimate of drug-likeness (QED) is 0.823. The Morgan fingerprint density at radius 2 is 1.75 bits per heavy atom. The topological polar surface area (TPSA) is 46.2 Å². The first kappa shape index (κ1) is 12.4. The van der Waals surface area contributed by atoms with E-state index in [1.54, 1.807) is 0 Å². The van der Waals surface area contributed by atoms with E-state index in [1.807, 2.05) is 0 Å². The molecule has 0 aromatic rings. The van der Waals surface area contributed by atoms with Crippen molar-refractivity contribution in [3.8, 4) is 0 Å². The fourth-order valence-corrected chi connectivity index (χ4v) is 4.48. The molecule has 1 heterocycles. The second-order valence-electron chi connectivity index (χ2n) is 5.38. The lowest BCUT2D eigenvalue weighted by Crippen LogP contribution is -2.42. The van der Waals surface area contributed by atoms with Gasteiger partial charge in [-0.15, -0.1) is 0 Å². The molecule has 16 heavy (non-hydrogen) atoms. The number of hydrogen-bond acceptors (Lipinski definition) is 3. The summed E-state index contributed by atoms with van der Waals surface area (Å²) < 4.78 is 22.6. The highest BCUT2D eigenvalue weighted by molar-refractivity contribution is 7.91. The van der Waals surface area contributed by atoms with Crippen molar-refractivity contribution in [3.05, 3.63) is 0 Å². The smallest absolute Gasteiger partial charge is 0.150 e. The zero-order valence-electron chi connectivity index (χ0n) is 10.1. The maximum Gasteiger partial charge on any atom is 0.150 e. The molecule has 1 aliphatic carbocycles. The van der Waals surface area contributed by atoms with Gasteiger partial charge in [-0.25, -0.2) is 8.42 Å². The Bertz CT molecular complexity index is 312. The Morgan fingerprint density at radius 3 is 2.31 bits per heavy atom. The average Bonchev–Trinajstić information content (AvgIpc) is 2.69. The molecule has 2 aliphatic rings. The predicted octanol–water partition coefficient (Wildman–Crippen LogP) is 1.73. The molecular formula is C12H23NO2S. The zero-order chi connectivity index (χ0) is 11.6. The molecule has 1 aliphatic heterocycles. The van der Waals surface area contributed by atoms with Gasteiger partial charge < -0.3 is 5.32 Å². The summed E-state index contributed by atoms with van der Waals surface area (Å²) in [5, 5.41) is 3.66. The van der Waals surface area contributed by atoms with Crippen molar-refractivity contribution in [1.29, 1.82) is 0 Å². The minimum Gasteiger partial charge on any atom is -0.311 e. The SMILES string of the molecule is CCC1CCC(NC2CCS(=O)(=O)CC2)C1. The van der Waals surface area contributed by atoms with Crippen molar-refractivity contribution < 1.29 is 8.42 Å². The van der Waals surface area contributed by atoms with Gasteiger partial charge >= 0.3 is 0 Å². The fourth-order valence-electron chi connectivity index (χ4n) is 2.99. The first-order valence-electron chi connectivity index (χ1n) is 6.55. The number of sulfone groups is 1. The third-order valence-corrected chi connectivity index (χ3v) is 5.86. The molecule has 0 amide bonds. The van der Waals surface area contributed by atoms with Gasteiger partial charge in [0.05, 0.1) is 11.5 Å². The van der Waals surface area contributed by atoms with Crippen LogP contribution in [0.2, 0.25) is 0 Å². The molecule has 3 nitrogen and oxygen atoms in total. The summed E-state index contributed by atoms with van der Waals surface area (Å²) in [6.45, 7) is 2.26. The standard InChI is InChI=1S/C12H23NO2S/c1-2-10-3-4-12(9-10)13-11-5-7-16(14,15)8-6-11/h10-13H,2-9H2,1H3. The second-order valence-corrected chi connectivity index (χ2v) is 7.68. The molecule has 1 N–H and O–H groups in total. The largest absolute Gasteiger partial charge is 0.311 e. The van der Waals surface area contributed by atoms with Crippen LogP contribution in [0.5, 0.6) is 0 Å². The van der Waals surface area contributed by atoms with E-state index < -0.39 is 9.84 Å². The lowest BCUT2D eigenvalue weighted by molar-refractivity contribution is 0.390. The van der Waals surface area contributed by atoms with Crippen LogP contribution >= 0.6 is 0 Å². The first-order valence-corrected chi connectivity index (χ1v) is 8.37. The lowest BCUT2D eigenvalue weighted by Gasteiger charge is -2.26. The van der Waals surface area contributed by atoms with Crippen LogP contribution in [0.1, 0.15) is 45.4 Å². The van der Waals surface area contributed by atoms with E-state index in [1.165, 1.54) is 25.7 Å². The van der Waals surface area contributed by atoms with E-state index in [0.29, 0.717) is 23.6 Å². The lowest BCUT2D eigenvalue weighted by atomic mass is 10.0. The molecule has 2 atom stereocenters. The van der Waals surface area contributed by atoms with Crippen molar-refractivity contribution in [2.75, 3.05) is 11.5 Å². The van der Waals surface area contributed by atoms with Crippen LogP contribution < -0.4 is 5.32 Å². The highest BCUT2D eigenvalue weighted by Gasteiger charge is 2.28. The summed E-state index contributed by atoms with van der Waals surface area (Å²) in [4.78, 5) is 0. The van der Waals surface area contributed by atoms with Gasteiger partial charge in [-0.1, -0.05) is 13.3 Å². The minimum atomic E-state index is -2.70. The van der Waals surface area contributed by atoms with Gasteiger partial charge in [-0.3, -0.25) is 0 Å². The van der Waals surface area contributed by atoms with Gasteiger partial charge in [-0.05, 0) is 38.0 Å². The Hall–Kier alpha value is -0.0900. The van der Waals surface area contributed by atoms with Crippen molar-refractivity contribution in [3.63, 3.8) is 0 Å². The molecule has 4 heteroatoms. The summed E-state index contributed by atoms with van der Waals surface area (Å²) >= 11 is 0. The summed E-state index contributed by atoms with van der Waals surface area (Å²) in [7, 11) is -2.70. The highest BCUT2D eigenvalue weighted by atomic mass is 32.2. The van der Waals surface area contributed by atoms with Gasteiger partial charge in [0.25, 0.3) is 0 Å². The third kappa shape index (κ3) is 3.20. The second kappa shape index (κ2) is 5.05. The molecule has 1 saturated carbocycles. The Morgan fingerprint density at radius 1 is 1.06 bits per heavy atom. The Kier molecular flexibility index (Phi) is 3.90. The van der Waals surface area contributed by atoms with Crippen molar-refractivity contribution in [2.24, 2.45) is 5.92 Å². The average molecular weight is 245 g/mol. The molecule has 0 bridgehead atoms. The normalized spacial score (nSPS) is 35.3. The van der Waals surface area contributed by atoms with Gasteiger partial charge in [-0.2, -0.15) is 0 Å². The van der Waals surface area contributed by atoms with Gasteiger partial charge in [0.2, 0.25) is 0 Å². The van der Waals surface area contributed by atoms with E-state index in [9.17, 15) is 8.42 Å². The van der Waals surface area contributed by atoms with Crippen LogP contribution in [-0.4, -0.2) is 32.0 Å². The minimum absolute atomic E-state index is 0.384. The molecule has 2 rings (SSSR count). The van der Waals surface area contributed by atoms with E-state index in [2.05, 4.69) is 12.2 Å². The molecule has 2 unspecified atom stereocenters. The van der Waals surface area contributed by atoms with E-state index in [0.717, 1.165) is 18.8 Å². The molecule has 2 fully saturated rings. The molecule has 94 valence electrons. The van der Waals surface area contributed by atoms with Crippen molar-refractivity contribution >= 4 is 9.84 Å². The molecule has 0 aromatic carbocycles. The number of hydrogen-bond donors (Lipinski definition) is 1. The maximum atomic E-state index is 11.3. The van der Waals surface area contributed by atoms with Crippen LogP contribution in [0.25, 0.3) is 0 Å². The van der Waals surface area contributed by atoms with Gasteiger partial charge in [0.15, 0.2) is 0 Å². The van der Waals surface area contributed by atoms with Crippen molar-refractivity contribution in [1.82, 2.24) is 5.32 Å². The van der Waals surface area contributed by atoms with Crippen LogP contribution in [0.15, 0.2) is 0 Å². The molecule has 0 radical (unpaired) electrons. The van der Waals surface area contributed by atoms with Gasteiger partial charge in [0.1, 0.15) is 9.84 Å². The van der Waals surface area contributed by atoms with E-state index in [4.69, 9.17) is 0 Å². The molecular weight excluding hydrogens is 222 g/mol. The third-order valence-electron chi connectivity index (χ3n) is 4.14. The Balaban J connectivity index is 1.75. The monoisotopic (exact) mass is 245 g/mol. The first-order chi connectivity index (χ1) is 7.59. The Labute approximate surface area is 98.9 Å². The summed E-state index contributed by atoms with van der Waals surface area (Å²) in [6, 6.07) is 1.10. The number of nitrogens with one attached hydrogen (secondary N) is 1. The van der Waals surface area contributed by atoms with Crippen LogP contribution in [0.4, 0.5) is 0 Å². The highest BCUT2D eigenvalue weighted by Crippen LogP contribution is 2.28. The summed E-state index contributed by atoms with van der Waals surface area (Å²) in [6.07, 6.45) is 6.84. The molecule has 0 spiro atoms. The molecule has 0 aromatic heterocycles.